The van der Waals surface area contributed by atoms with Gasteiger partial charge in [-0.05, 0) is 38.0 Å². The molecule has 0 bridgehead atoms. The summed E-state index contributed by atoms with van der Waals surface area (Å²) < 4.78 is 10.6. The molecule has 6 nitrogen and oxygen atoms in total. The second-order valence-electron chi connectivity index (χ2n) is 6.01. The lowest BCUT2D eigenvalue weighted by Crippen LogP contribution is -2.44. The largest absolute Gasteiger partial charge is 0.497 e. The van der Waals surface area contributed by atoms with Gasteiger partial charge < -0.3 is 20.5 Å². The summed E-state index contributed by atoms with van der Waals surface area (Å²) in [5.74, 6) is 1.49. The van der Waals surface area contributed by atoms with Gasteiger partial charge in [0.25, 0.3) is 0 Å². The number of ether oxygens (including phenoxy) is 2. The molecule has 1 heterocycles. The predicted molar refractivity (Wildman–Crippen MR) is 97.0 cm³/mol. The minimum Gasteiger partial charge on any atom is -0.497 e. The SMILES string of the molecule is COc1ccc(OC)c(C(C)NC(=O)CN2CCC(N)CC2)c1.Cl. The fourth-order valence-electron chi connectivity index (χ4n) is 2.86. The third-order valence-electron chi connectivity index (χ3n) is 4.28. The number of methoxy groups -OCH3 is 2. The van der Waals surface area contributed by atoms with Crippen molar-refractivity contribution in [1.29, 1.82) is 0 Å². The van der Waals surface area contributed by atoms with Crippen molar-refractivity contribution in [2.24, 2.45) is 5.73 Å². The van der Waals surface area contributed by atoms with Gasteiger partial charge in [0.05, 0.1) is 26.8 Å². The van der Waals surface area contributed by atoms with Crippen LogP contribution in [0, 0.1) is 0 Å². The van der Waals surface area contributed by atoms with Gasteiger partial charge in [-0.1, -0.05) is 0 Å². The standard InChI is InChI=1S/C17H27N3O3.ClH/c1-12(15-10-14(22-2)4-5-16(15)23-3)19-17(21)11-20-8-6-13(18)7-9-20;/h4-5,10,12-13H,6-9,11,18H2,1-3H3,(H,19,21);1H. The molecule has 2 rings (SSSR count). The Kier molecular flexibility index (Phi) is 8.31. The van der Waals surface area contributed by atoms with Crippen LogP contribution < -0.4 is 20.5 Å². The molecule has 0 spiro atoms. The fraction of sp³-hybridized carbons (Fsp3) is 0.588. The number of carbonyl (C=O) groups is 1. The summed E-state index contributed by atoms with van der Waals surface area (Å²) in [4.78, 5) is 14.4. The molecular formula is C17H28ClN3O3. The maximum atomic E-state index is 12.3. The molecule has 0 saturated carbocycles. The van der Waals surface area contributed by atoms with Crippen LogP contribution in [0.4, 0.5) is 0 Å². The minimum atomic E-state index is -0.153. The van der Waals surface area contributed by atoms with Crippen LogP contribution in [0.2, 0.25) is 0 Å². The van der Waals surface area contributed by atoms with Crippen molar-refractivity contribution in [3.63, 3.8) is 0 Å². The maximum Gasteiger partial charge on any atom is 0.234 e. The molecule has 7 heteroatoms. The highest BCUT2D eigenvalue weighted by Crippen LogP contribution is 2.29. The number of benzene rings is 1. The average molecular weight is 358 g/mol. The highest BCUT2D eigenvalue weighted by molar-refractivity contribution is 5.85. The third-order valence-corrected chi connectivity index (χ3v) is 4.28. The molecule has 1 amide bonds. The topological polar surface area (TPSA) is 76.8 Å². The molecule has 1 aromatic rings. The van der Waals surface area contributed by atoms with Gasteiger partial charge in [-0.25, -0.2) is 0 Å². The van der Waals surface area contributed by atoms with Gasteiger partial charge in [-0.15, -0.1) is 12.4 Å². The Morgan fingerprint density at radius 3 is 2.58 bits per heavy atom. The maximum absolute atomic E-state index is 12.3. The Balaban J connectivity index is 0.00000288. The molecular weight excluding hydrogens is 330 g/mol. The van der Waals surface area contributed by atoms with Crippen molar-refractivity contribution < 1.29 is 14.3 Å². The number of halogens is 1. The number of hydrogen-bond acceptors (Lipinski definition) is 5. The molecule has 0 radical (unpaired) electrons. The molecule has 136 valence electrons. The van der Waals surface area contributed by atoms with Gasteiger partial charge in [-0.3, -0.25) is 9.69 Å². The predicted octanol–water partition coefficient (Wildman–Crippen LogP) is 1.73. The Bertz CT molecular complexity index is 534. The summed E-state index contributed by atoms with van der Waals surface area (Å²) in [6.45, 7) is 4.11. The Hall–Kier alpha value is -1.50. The molecule has 1 atom stereocenters. The van der Waals surface area contributed by atoms with Crippen LogP contribution in [0.3, 0.4) is 0 Å². The lowest BCUT2D eigenvalue weighted by molar-refractivity contribution is -0.123. The van der Waals surface area contributed by atoms with Crippen LogP contribution in [-0.2, 0) is 4.79 Å². The van der Waals surface area contributed by atoms with Gasteiger partial charge >= 0.3 is 0 Å². The van der Waals surface area contributed by atoms with Crippen LogP contribution in [-0.4, -0.2) is 50.7 Å². The van der Waals surface area contributed by atoms with Gasteiger partial charge in [0.2, 0.25) is 5.91 Å². The molecule has 1 aliphatic heterocycles. The number of amides is 1. The summed E-state index contributed by atoms with van der Waals surface area (Å²) in [5, 5.41) is 3.03. The average Bonchev–Trinajstić information content (AvgIpc) is 2.56. The van der Waals surface area contributed by atoms with Crippen LogP contribution in [0.5, 0.6) is 11.5 Å². The van der Waals surface area contributed by atoms with Crippen molar-refractivity contribution in [1.82, 2.24) is 10.2 Å². The van der Waals surface area contributed by atoms with E-state index in [0.29, 0.717) is 6.54 Å². The van der Waals surface area contributed by atoms with Gasteiger partial charge in [-0.2, -0.15) is 0 Å². The van der Waals surface area contributed by atoms with Crippen LogP contribution in [0.1, 0.15) is 31.4 Å². The molecule has 0 aromatic heterocycles. The molecule has 1 aromatic carbocycles. The van der Waals surface area contributed by atoms with E-state index in [-0.39, 0.29) is 30.4 Å². The molecule has 1 fully saturated rings. The quantitative estimate of drug-likeness (QED) is 0.810. The van der Waals surface area contributed by atoms with Crippen molar-refractivity contribution in [3.05, 3.63) is 23.8 Å². The number of nitrogens with zero attached hydrogens (tertiary/aromatic N) is 1. The van der Waals surface area contributed by atoms with E-state index in [1.807, 2.05) is 25.1 Å². The number of nitrogens with two attached hydrogens (primary N) is 1. The Labute approximate surface area is 150 Å². The second-order valence-corrected chi connectivity index (χ2v) is 6.01. The molecule has 0 aliphatic carbocycles. The van der Waals surface area contributed by atoms with E-state index in [9.17, 15) is 4.79 Å². The van der Waals surface area contributed by atoms with E-state index >= 15 is 0 Å². The van der Waals surface area contributed by atoms with Crippen molar-refractivity contribution >= 4 is 18.3 Å². The van der Waals surface area contributed by atoms with E-state index < -0.39 is 0 Å². The minimum absolute atomic E-state index is 0. The zero-order valence-electron chi connectivity index (χ0n) is 14.6. The van der Waals surface area contributed by atoms with E-state index in [1.54, 1.807) is 14.2 Å². The fourth-order valence-corrected chi connectivity index (χ4v) is 2.86. The van der Waals surface area contributed by atoms with Crippen LogP contribution in [0.25, 0.3) is 0 Å². The number of hydrogen-bond donors (Lipinski definition) is 2. The monoisotopic (exact) mass is 357 g/mol. The van der Waals surface area contributed by atoms with E-state index in [4.69, 9.17) is 15.2 Å². The highest BCUT2D eigenvalue weighted by atomic mass is 35.5. The second kappa shape index (κ2) is 9.71. The molecule has 3 N–H and O–H groups in total. The molecule has 1 saturated heterocycles. The molecule has 24 heavy (non-hydrogen) atoms. The summed E-state index contributed by atoms with van der Waals surface area (Å²) in [6.07, 6.45) is 1.90. The summed E-state index contributed by atoms with van der Waals surface area (Å²) >= 11 is 0. The van der Waals surface area contributed by atoms with Gasteiger partial charge in [0.15, 0.2) is 0 Å². The zero-order valence-corrected chi connectivity index (χ0v) is 15.4. The number of nitrogens with one attached hydrogen (secondary N) is 1. The molecule has 1 unspecified atom stereocenters. The number of piperidine rings is 1. The Morgan fingerprint density at radius 1 is 1.33 bits per heavy atom. The summed E-state index contributed by atoms with van der Waals surface area (Å²) in [7, 11) is 3.24. The van der Waals surface area contributed by atoms with E-state index in [2.05, 4.69) is 10.2 Å². The first kappa shape index (κ1) is 20.5. The highest BCUT2D eigenvalue weighted by Gasteiger charge is 2.20. The first-order valence-corrected chi connectivity index (χ1v) is 8.02. The summed E-state index contributed by atoms with van der Waals surface area (Å²) in [5.41, 5.74) is 6.79. The third kappa shape index (κ3) is 5.54. The van der Waals surface area contributed by atoms with E-state index in [0.717, 1.165) is 43.0 Å². The van der Waals surface area contributed by atoms with Gasteiger partial charge in [0, 0.05) is 24.7 Å². The normalized spacial score (nSPS) is 16.8. The van der Waals surface area contributed by atoms with E-state index in [1.165, 1.54) is 0 Å². The first-order chi connectivity index (χ1) is 11.0. The number of rotatable bonds is 6. The van der Waals surface area contributed by atoms with Crippen LogP contribution >= 0.6 is 12.4 Å². The molecule has 1 aliphatic rings. The first-order valence-electron chi connectivity index (χ1n) is 8.02. The number of carbonyl (C=O) groups excluding carboxylic acids is 1. The van der Waals surface area contributed by atoms with Crippen molar-refractivity contribution in [2.45, 2.75) is 31.8 Å². The zero-order chi connectivity index (χ0) is 16.8. The number of likely N-dealkylation sites (tertiary alicyclic amines) is 1. The van der Waals surface area contributed by atoms with Crippen molar-refractivity contribution in [3.8, 4) is 11.5 Å². The summed E-state index contributed by atoms with van der Waals surface area (Å²) in [6, 6.07) is 5.70. The lowest BCUT2D eigenvalue weighted by atomic mass is 10.1. The van der Waals surface area contributed by atoms with Crippen molar-refractivity contribution in [2.75, 3.05) is 33.9 Å². The Morgan fingerprint density at radius 2 is 2.00 bits per heavy atom. The lowest BCUT2D eigenvalue weighted by Gasteiger charge is -2.30. The van der Waals surface area contributed by atoms with Crippen LogP contribution in [0.15, 0.2) is 18.2 Å². The van der Waals surface area contributed by atoms with Gasteiger partial charge in [0.1, 0.15) is 11.5 Å². The smallest absolute Gasteiger partial charge is 0.234 e.